The van der Waals surface area contributed by atoms with Crippen molar-refractivity contribution in [1.82, 2.24) is 10.3 Å². The van der Waals surface area contributed by atoms with Crippen LogP contribution in [0.2, 0.25) is 0 Å². The maximum atomic E-state index is 10.5. The third-order valence-electron chi connectivity index (χ3n) is 2.64. The maximum absolute atomic E-state index is 10.5. The molecule has 1 atom stereocenters. The fourth-order valence-corrected chi connectivity index (χ4v) is 2.37. The van der Waals surface area contributed by atoms with Gasteiger partial charge in [-0.1, -0.05) is 23.2 Å². The molecule has 0 radical (unpaired) electrons. The number of ether oxygens (including phenoxy) is 2. The lowest BCUT2D eigenvalue weighted by Gasteiger charge is -2.09. The molecule has 1 amide bonds. The topological polar surface area (TPSA) is 80.7 Å². The minimum Gasteiger partial charge on any atom is -0.491 e. The van der Waals surface area contributed by atoms with E-state index < -0.39 is 12.1 Å². The number of hydrogen-bond donors (Lipinski definition) is 2. The first-order valence-electron chi connectivity index (χ1n) is 7.34. The Morgan fingerprint density at radius 3 is 2.54 bits per heavy atom. The van der Waals surface area contributed by atoms with Crippen LogP contribution in [-0.2, 0) is 0 Å². The molecule has 1 unspecified atom stereocenters. The average Bonchev–Trinajstić information content (AvgIpc) is 2.93. The number of aromatic nitrogens is 1. The lowest BCUT2D eigenvalue weighted by atomic mass is 10.3. The van der Waals surface area contributed by atoms with Crippen molar-refractivity contribution in [2.24, 2.45) is 0 Å². The molecule has 24 heavy (non-hydrogen) atoms. The maximum Gasteiger partial charge on any atom is 0.405 e. The molecule has 0 aliphatic carbocycles. The summed E-state index contributed by atoms with van der Waals surface area (Å²) in [7, 11) is 0. The first kappa shape index (κ1) is 17.6. The summed E-state index contributed by atoms with van der Waals surface area (Å²) in [4.78, 5) is 15.3. The molecular weight excluding hydrogens is 328 g/mol. The molecule has 0 saturated heterocycles. The predicted molar refractivity (Wildman–Crippen MR) is 91.9 cm³/mol. The van der Waals surface area contributed by atoms with Crippen LogP contribution in [0.4, 0.5) is 4.79 Å². The van der Waals surface area contributed by atoms with Gasteiger partial charge in [-0.15, -0.1) is 0 Å². The molecule has 2 aromatic rings. The van der Waals surface area contributed by atoms with E-state index in [4.69, 9.17) is 14.6 Å². The van der Waals surface area contributed by atoms with E-state index in [1.807, 2.05) is 38.1 Å². The lowest BCUT2D eigenvalue weighted by molar-refractivity contribution is 0.193. The SMILES string of the molecule is CC(C#Cc1cnc(Oc2ccc(OC(C)C)cc2)s1)NC(=O)O. The predicted octanol–water partition coefficient (Wildman–Crippen LogP) is 3.73. The first-order valence-corrected chi connectivity index (χ1v) is 8.15. The van der Waals surface area contributed by atoms with Gasteiger partial charge in [-0.3, -0.25) is 0 Å². The van der Waals surface area contributed by atoms with Gasteiger partial charge in [0.1, 0.15) is 16.4 Å². The molecule has 7 heteroatoms. The number of carbonyl (C=O) groups is 1. The van der Waals surface area contributed by atoms with Crippen molar-refractivity contribution in [3.63, 3.8) is 0 Å². The van der Waals surface area contributed by atoms with Gasteiger partial charge >= 0.3 is 6.09 Å². The van der Waals surface area contributed by atoms with Crippen molar-refractivity contribution in [3.05, 3.63) is 35.3 Å². The van der Waals surface area contributed by atoms with Gasteiger partial charge in [0.25, 0.3) is 5.19 Å². The summed E-state index contributed by atoms with van der Waals surface area (Å²) >= 11 is 1.29. The highest BCUT2D eigenvalue weighted by Crippen LogP contribution is 2.27. The zero-order valence-corrected chi connectivity index (χ0v) is 14.4. The number of thiazole rings is 1. The molecule has 0 spiro atoms. The highest BCUT2D eigenvalue weighted by Gasteiger charge is 2.05. The van der Waals surface area contributed by atoms with E-state index in [9.17, 15) is 4.79 Å². The van der Waals surface area contributed by atoms with Gasteiger partial charge in [0, 0.05) is 0 Å². The van der Waals surface area contributed by atoms with Gasteiger partial charge in [0.2, 0.25) is 0 Å². The molecule has 0 bridgehead atoms. The monoisotopic (exact) mass is 346 g/mol. The summed E-state index contributed by atoms with van der Waals surface area (Å²) in [6.45, 7) is 5.60. The van der Waals surface area contributed by atoms with E-state index in [0.29, 0.717) is 15.8 Å². The van der Waals surface area contributed by atoms with E-state index in [0.717, 1.165) is 5.75 Å². The molecule has 2 rings (SSSR count). The highest BCUT2D eigenvalue weighted by molar-refractivity contribution is 7.13. The largest absolute Gasteiger partial charge is 0.491 e. The van der Waals surface area contributed by atoms with Gasteiger partial charge in [0.15, 0.2) is 0 Å². The fourth-order valence-electron chi connectivity index (χ4n) is 1.72. The molecule has 2 N–H and O–H groups in total. The molecule has 1 heterocycles. The smallest absolute Gasteiger partial charge is 0.405 e. The number of amides is 1. The van der Waals surface area contributed by atoms with Gasteiger partial charge in [0.05, 0.1) is 18.3 Å². The van der Waals surface area contributed by atoms with Gasteiger partial charge in [-0.05, 0) is 45.0 Å². The Hall–Kier alpha value is -2.72. The van der Waals surface area contributed by atoms with Crippen LogP contribution in [-0.4, -0.2) is 28.3 Å². The molecule has 126 valence electrons. The van der Waals surface area contributed by atoms with Crippen LogP contribution in [0.3, 0.4) is 0 Å². The summed E-state index contributed by atoms with van der Waals surface area (Å²) in [5.41, 5.74) is 0. The number of nitrogens with zero attached hydrogens (tertiary/aromatic N) is 1. The van der Waals surface area contributed by atoms with Gasteiger partial charge in [-0.2, -0.15) is 0 Å². The van der Waals surface area contributed by atoms with Crippen molar-refractivity contribution in [3.8, 4) is 28.5 Å². The zero-order chi connectivity index (χ0) is 17.5. The van der Waals surface area contributed by atoms with Crippen LogP contribution in [0, 0.1) is 11.8 Å². The van der Waals surface area contributed by atoms with E-state index in [1.54, 1.807) is 13.1 Å². The van der Waals surface area contributed by atoms with Crippen molar-refractivity contribution in [2.75, 3.05) is 0 Å². The Kier molecular flexibility index (Phi) is 6.04. The van der Waals surface area contributed by atoms with Crippen LogP contribution < -0.4 is 14.8 Å². The molecule has 0 fully saturated rings. The molecule has 1 aromatic carbocycles. The van der Waals surface area contributed by atoms with Crippen molar-refractivity contribution in [1.29, 1.82) is 0 Å². The molecular formula is C17H18N2O4S. The molecule has 1 aromatic heterocycles. The summed E-state index contributed by atoms with van der Waals surface area (Å²) < 4.78 is 11.2. The van der Waals surface area contributed by atoms with Crippen molar-refractivity contribution in [2.45, 2.75) is 32.9 Å². The number of rotatable bonds is 5. The van der Waals surface area contributed by atoms with Crippen LogP contribution in [0.5, 0.6) is 16.7 Å². The normalized spacial score (nSPS) is 11.3. The summed E-state index contributed by atoms with van der Waals surface area (Å²) in [5.74, 6) is 7.09. The second-order valence-corrected chi connectivity index (χ2v) is 6.16. The van der Waals surface area contributed by atoms with E-state index in [-0.39, 0.29) is 6.10 Å². The number of hydrogen-bond acceptors (Lipinski definition) is 5. The molecule has 0 aliphatic rings. The van der Waals surface area contributed by atoms with Crippen LogP contribution in [0.1, 0.15) is 25.6 Å². The average molecular weight is 346 g/mol. The van der Waals surface area contributed by atoms with Crippen molar-refractivity contribution >= 4 is 17.4 Å². The number of carboxylic acid groups (broad SMARTS) is 1. The third kappa shape index (κ3) is 5.82. The summed E-state index contributed by atoms with van der Waals surface area (Å²) in [6, 6.07) is 6.83. The Balaban J connectivity index is 1.96. The van der Waals surface area contributed by atoms with Crippen LogP contribution in [0.15, 0.2) is 30.5 Å². The minimum absolute atomic E-state index is 0.120. The van der Waals surface area contributed by atoms with Crippen molar-refractivity contribution < 1.29 is 19.4 Å². The second kappa shape index (κ2) is 8.22. The van der Waals surface area contributed by atoms with Gasteiger partial charge in [-0.25, -0.2) is 9.78 Å². The summed E-state index contributed by atoms with van der Waals surface area (Å²) in [5, 5.41) is 11.3. The number of benzene rings is 1. The van der Waals surface area contributed by atoms with E-state index >= 15 is 0 Å². The summed E-state index contributed by atoms with van der Waals surface area (Å²) in [6.07, 6.45) is 0.612. The van der Waals surface area contributed by atoms with Crippen LogP contribution in [0.25, 0.3) is 0 Å². The molecule has 0 saturated carbocycles. The standard InChI is InChI=1S/C17H18N2O4S/c1-11(2)22-13-5-7-14(8-6-13)23-17-18-10-15(24-17)9-4-12(3)19-16(20)21/h5-8,10-12,19H,1-3H3,(H,20,21). The Bertz CT molecular complexity index is 744. The Morgan fingerprint density at radius 1 is 1.25 bits per heavy atom. The quantitative estimate of drug-likeness (QED) is 0.806. The molecule has 6 nitrogen and oxygen atoms in total. The highest BCUT2D eigenvalue weighted by atomic mass is 32.1. The minimum atomic E-state index is -1.10. The number of nitrogens with one attached hydrogen (secondary N) is 1. The lowest BCUT2D eigenvalue weighted by Crippen LogP contribution is -2.29. The van der Waals surface area contributed by atoms with Gasteiger partial charge < -0.3 is 19.9 Å². The fraction of sp³-hybridized carbons (Fsp3) is 0.294. The zero-order valence-electron chi connectivity index (χ0n) is 13.6. The Morgan fingerprint density at radius 2 is 1.92 bits per heavy atom. The van der Waals surface area contributed by atoms with E-state index in [2.05, 4.69) is 22.1 Å². The van der Waals surface area contributed by atoms with Crippen LogP contribution >= 0.6 is 11.3 Å². The van der Waals surface area contributed by atoms with E-state index in [1.165, 1.54) is 11.3 Å². The second-order valence-electron chi connectivity index (χ2n) is 5.17. The third-order valence-corrected chi connectivity index (χ3v) is 3.43. The first-order chi connectivity index (χ1) is 11.4. The Labute approximate surface area is 144 Å². The molecule has 0 aliphatic heterocycles.